The number of hydrogen-bond donors (Lipinski definition) is 0. The lowest BCUT2D eigenvalue weighted by Crippen LogP contribution is -2.10. The van der Waals surface area contributed by atoms with E-state index in [9.17, 15) is 0 Å². The van der Waals surface area contributed by atoms with Gasteiger partial charge in [0.1, 0.15) is 16.7 Å². The van der Waals surface area contributed by atoms with Gasteiger partial charge in [0, 0.05) is 6.07 Å². The summed E-state index contributed by atoms with van der Waals surface area (Å²) in [5, 5.41) is 0.384. The van der Waals surface area contributed by atoms with E-state index < -0.39 is 0 Å². The number of aryl methyl sites for hydroxylation is 1. The monoisotopic (exact) mass is 276 g/mol. The average Bonchev–Trinajstić information content (AvgIpc) is 2.26. The van der Waals surface area contributed by atoms with E-state index in [0.29, 0.717) is 16.9 Å². The predicted molar refractivity (Wildman–Crippen MR) is 77.0 cm³/mol. The Labute approximate surface area is 118 Å². The Morgan fingerprint density at radius 1 is 1.11 bits per heavy atom. The van der Waals surface area contributed by atoms with Gasteiger partial charge in [0.05, 0.1) is 0 Å². The van der Waals surface area contributed by atoms with Gasteiger partial charge in [0.25, 0.3) is 0 Å². The minimum atomic E-state index is 0.0819. The van der Waals surface area contributed by atoms with Crippen molar-refractivity contribution in [3.63, 3.8) is 0 Å². The molecule has 2 aromatic rings. The summed E-state index contributed by atoms with van der Waals surface area (Å²) in [6, 6.07) is 9.60. The van der Waals surface area contributed by atoms with Crippen molar-refractivity contribution in [3.05, 3.63) is 46.9 Å². The number of hydrogen-bond acceptors (Lipinski definition) is 3. The molecule has 0 atom stereocenters. The minimum Gasteiger partial charge on any atom is -0.439 e. The zero-order valence-corrected chi connectivity index (χ0v) is 12.3. The number of rotatable bonds is 2. The van der Waals surface area contributed by atoms with Crippen LogP contribution in [-0.2, 0) is 5.41 Å². The molecule has 0 saturated heterocycles. The van der Waals surface area contributed by atoms with Crippen molar-refractivity contribution in [2.75, 3.05) is 0 Å². The molecule has 100 valence electrons. The molecule has 19 heavy (non-hydrogen) atoms. The van der Waals surface area contributed by atoms with Gasteiger partial charge in [-0.2, -0.15) is 4.98 Å². The second-order valence-corrected chi connectivity index (χ2v) is 5.84. The van der Waals surface area contributed by atoms with Crippen LogP contribution in [0.2, 0.25) is 5.15 Å². The molecule has 0 spiro atoms. The zero-order chi connectivity index (χ0) is 14.0. The highest BCUT2D eigenvalue weighted by Gasteiger charge is 2.14. The summed E-state index contributed by atoms with van der Waals surface area (Å²) in [5.74, 6) is 1.81. The first kappa shape index (κ1) is 13.8. The molecule has 1 aromatic carbocycles. The molecule has 0 aliphatic heterocycles. The number of benzene rings is 1. The summed E-state index contributed by atoms with van der Waals surface area (Å²) in [4.78, 5) is 8.21. The SMILES string of the molecule is Cc1nc(Cl)cc(Oc2cccc(C(C)(C)C)c2)n1. The number of nitrogens with zero attached hydrogens (tertiary/aromatic N) is 2. The number of ether oxygens (including phenoxy) is 1. The molecule has 0 saturated carbocycles. The van der Waals surface area contributed by atoms with Crippen molar-refractivity contribution in [1.29, 1.82) is 0 Å². The Bertz CT molecular complexity index is 571. The van der Waals surface area contributed by atoms with E-state index in [2.05, 4.69) is 36.8 Å². The van der Waals surface area contributed by atoms with Crippen molar-refractivity contribution < 1.29 is 4.74 Å². The Balaban J connectivity index is 2.28. The van der Waals surface area contributed by atoms with E-state index in [1.165, 1.54) is 5.56 Å². The fourth-order valence-corrected chi connectivity index (χ4v) is 1.92. The predicted octanol–water partition coefficient (Wildman–Crippen LogP) is 4.53. The second kappa shape index (κ2) is 5.17. The lowest BCUT2D eigenvalue weighted by molar-refractivity contribution is 0.456. The zero-order valence-electron chi connectivity index (χ0n) is 11.6. The van der Waals surface area contributed by atoms with Crippen LogP contribution in [0.4, 0.5) is 0 Å². The summed E-state index contributed by atoms with van der Waals surface area (Å²) < 4.78 is 5.74. The lowest BCUT2D eigenvalue weighted by atomic mass is 9.87. The van der Waals surface area contributed by atoms with E-state index in [1.54, 1.807) is 13.0 Å². The van der Waals surface area contributed by atoms with E-state index in [0.717, 1.165) is 5.75 Å². The third-order valence-electron chi connectivity index (χ3n) is 2.71. The van der Waals surface area contributed by atoms with E-state index >= 15 is 0 Å². The van der Waals surface area contributed by atoms with Crippen LogP contribution >= 0.6 is 11.6 Å². The van der Waals surface area contributed by atoms with Crippen LogP contribution in [0.3, 0.4) is 0 Å². The van der Waals surface area contributed by atoms with Crippen LogP contribution in [-0.4, -0.2) is 9.97 Å². The molecule has 0 fully saturated rings. The van der Waals surface area contributed by atoms with Gasteiger partial charge in [-0.1, -0.05) is 44.5 Å². The van der Waals surface area contributed by atoms with Gasteiger partial charge >= 0.3 is 0 Å². The molecule has 0 aliphatic rings. The molecule has 0 bridgehead atoms. The summed E-state index contributed by atoms with van der Waals surface area (Å²) in [6.45, 7) is 8.28. The van der Waals surface area contributed by atoms with Crippen LogP contribution in [0.1, 0.15) is 32.2 Å². The molecule has 0 unspecified atom stereocenters. The van der Waals surface area contributed by atoms with Crippen LogP contribution in [0.15, 0.2) is 30.3 Å². The first-order valence-corrected chi connectivity index (χ1v) is 6.52. The number of aromatic nitrogens is 2. The first-order valence-electron chi connectivity index (χ1n) is 6.14. The van der Waals surface area contributed by atoms with Crippen molar-refractivity contribution in [1.82, 2.24) is 9.97 Å². The maximum absolute atomic E-state index is 5.89. The topological polar surface area (TPSA) is 35.0 Å². The Kier molecular flexibility index (Phi) is 3.76. The van der Waals surface area contributed by atoms with Gasteiger partial charge in [0.15, 0.2) is 0 Å². The quantitative estimate of drug-likeness (QED) is 0.756. The normalized spacial score (nSPS) is 11.4. The lowest BCUT2D eigenvalue weighted by Gasteiger charge is -2.19. The fraction of sp³-hybridized carbons (Fsp3) is 0.333. The maximum atomic E-state index is 5.89. The summed E-state index contributed by atoms with van der Waals surface area (Å²) in [6.07, 6.45) is 0. The van der Waals surface area contributed by atoms with Crippen molar-refractivity contribution in [3.8, 4) is 11.6 Å². The molecule has 0 amide bonds. The molecule has 1 heterocycles. The molecule has 1 aromatic heterocycles. The van der Waals surface area contributed by atoms with Crippen molar-refractivity contribution in [2.24, 2.45) is 0 Å². The molecule has 0 aliphatic carbocycles. The molecular weight excluding hydrogens is 260 g/mol. The van der Waals surface area contributed by atoms with Gasteiger partial charge in [-0.25, -0.2) is 4.98 Å². The van der Waals surface area contributed by atoms with Gasteiger partial charge in [0.2, 0.25) is 5.88 Å². The molecular formula is C15H17ClN2O. The summed E-state index contributed by atoms with van der Waals surface area (Å²) in [7, 11) is 0. The van der Waals surface area contributed by atoms with Gasteiger partial charge in [-0.15, -0.1) is 0 Å². The minimum absolute atomic E-state index is 0.0819. The molecule has 0 radical (unpaired) electrons. The van der Waals surface area contributed by atoms with Crippen molar-refractivity contribution >= 4 is 11.6 Å². The average molecular weight is 277 g/mol. The van der Waals surface area contributed by atoms with Crippen LogP contribution in [0.5, 0.6) is 11.6 Å². The fourth-order valence-electron chi connectivity index (χ4n) is 1.70. The Morgan fingerprint density at radius 3 is 2.47 bits per heavy atom. The van der Waals surface area contributed by atoms with Crippen LogP contribution < -0.4 is 4.74 Å². The maximum Gasteiger partial charge on any atom is 0.224 e. The highest BCUT2D eigenvalue weighted by molar-refractivity contribution is 6.29. The highest BCUT2D eigenvalue weighted by atomic mass is 35.5. The second-order valence-electron chi connectivity index (χ2n) is 5.46. The van der Waals surface area contributed by atoms with E-state index in [4.69, 9.17) is 16.3 Å². The summed E-state index contributed by atoms with van der Waals surface area (Å²) >= 11 is 5.89. The van der Waals surface area contributed by atoms with E-state index in [1.807, 2.05) is 18.2 Å². The molecule has 3 nitrogen and oxygen atoms in total. The van der Waals surface area contributed by atoms with Gasteiger partial charge in [-0.3, -0.25) is 0 Å². The standard InChI is InChI=1S/C15H17ClN2O/c1-10-17-13(16)9-14(18-10)19-12-7-5-6-11(8-12)15(2,3)4/h5-9H,1-4H3. The van der Waals surface area contributed by atoms with Crippen molar-refractivity contribution in [2.45, 2.75) is 33.1 Å². The smallest absolute Gasteiger partial charge is 0.224 e. The highest BCUT2D eigenvalue weighted by Crippen LogP contribution is 2.28. The molecule has 0 N–H and O–H groups in total. The molecule has 4 heteroatoms. The number of halogens is 1. The largest absolute Gasteiger partial charge is 0.439 e. The Hall–Kier alpha value is -1.61. The summed E-state index contributed by atoms with van der Waals surface area (Å²) in [5.41, 5.74) is 1.29. The first-order chi connectivity index (χ1) is 8.84. The van der Waals surface area contributed by atoms with E-state index in [-0.39, 0.29) is 5.41 Å². The van der Waals surface area contributed by atoms with Crippen LogP contribution in [0, 0.1) is 6.92 Å². The molecule has 2 rings (SSSR count). The van der Waals surface area contributed by atoms with Gasteiger partial charge < -0.3 is 4.74 Å². The third-order valence-corrected chi connectivity index (χ3v) is 2.90. The Morgan fingerprint density at radius 2 is 1.84 bits per heavy atom. The third kappa shape index (κ3) is 3.67. The van der Waals surface area contributed by atoms with Gasteiger partial charge in [-0.05, 0) is 30.0 Å². The van der Waals surface area contributed by atoms with Crippen LogP contribution in [0.25, 0.3) is 0 Å².